The van der Waals surface area contributed by atoms with Crippen LogP contribution < -0.4 is 0 Å². The van der Waals surface area contributed by atoms with E-state index in [2.05, 4.69) is 19.9 Å². The van der Waals surface area contributed by atoms with Gasteiger partial charge in [-0.05, 0) is 18.8 Å². The predicted octanol–water partition coefficient (Wildman–Crippen LogP) is 2.36. The number of allylic oxidation sites excluding steroid dienone is 2. The molecule has 0 fully saturated rings. The molecule has 0 saturated heterocycles. The monoisotopic (exact) mass is 96.1 g/mol. The van der Waals surface area contributed by atoms with Gasteiger partial charge in [0, 0.05) is 0 Å². The van der Waals surface area contributed by atoms with Crippen LogP contribution in [-0.2, 0) is 0 Å². The fraction of sp³-hybridized carbons (Fsp3) is 0.714. The lowest BCUT2D eigenvalue weighted by atomic mass is 9.87. The van der Waals surface area contributed by atoms with Crippen LogP contribution in [0.25, 0.3) is 0 Å². The highest BCUT2D eigenvalue weighted by atomic mass is 14.2. The lowest BCUT2D eigenvalue weighted by Gasteiger charge is -2.19. The Hall–Kier alpha value is -0.260. The van der Waals surface area contributed by atoms with Crippen molar-refractivity contribution in [1.82, 2.24) is 0 Å². The second kappa shape index (κ2) is 1.69. The zero-order valence-corrected chi connectivity index (χ0v) is 5.07. The van der Waals surface area contributed by atoms with Crippen LogP contribution in [0.3, 0.4) is 0 Å². The summed E-state index contributed by atoms with van der Waals surface area (Å²) in [5.74, 6) is 0.884. The number of rotatable bonds is 1. The van der Waals surface area contributed by atoms with Crippen molar-refractivity contribution in [3.63, 3.8) is 0 Å². The lowest BCUT2D eigenvalue weighted by molar-refractivity contribution is 0.618. The third kappa shape index (κ3) is 0.846. The van der Waals surface area contributed by atoms with Crippen LogP contribution in [-0.4, -0.2) is 0 Å². The minimum atomic E-state index is 0.884. The first-order valence-corrected chi connectivity index (χ1v) is 3.02. The number of hydrogen-bond acceptors (Lipinski definition) is 0. The molecule has 0 spiro atoms. The molecular weight excluding hydrogens is 84.1 g/mol. The summed E-state index contributed by atoms with van der Waals surface area (Å²) < 4.78 is 0. The Morgan fingerprint density at radius 3 is 2.57 bits per heavy atom. The zero-order valence-electron chi connectivity index (χ0n) is 5.07. The van der Waals surface area contributed by atoms with Crippen molar-refractivity contribution < 1.29 is 0 Å². The highest BCUT2D eigenvalue weighted by Gasteiger charge is 2.10. The highest BCUT2D eigenvalue weighted by molar-refractivity contribution is 5.14. The SMILES string of the molecule is CCC1=CC(C)C1. The first kappa shape index (κ1) is 4.89. The van der Waals surface area contributed by atoms with Gasteiger partial charge < -0.3 is 0 Å². The van der Waals surface area contributed by atoms with Crippen LogP contribution in [0.15, 0.2) is 11.6 Å². The van der Waals surface area contributed by atoms with E-state index in [0.29, 0.717) is 0 Å². The van der Waals surface area contributed by atoms with E-state index in [0.717, 1.165) is 5.92 Å². The van der Waals surface area contributed by atoms with Gasteiger partial charge in [-0.15, -0.1) is 0 Å². The summed E-state index contributed by atoms with van der Waals surface area (Å²) in [5, 5.41) is 0. The molecule has 0 saturated carbocycles. The minimum Gasteiger partial charge on any atom is -0.0822 e. The van der Waals surface area contributed by atoms with Crippen LogP contribution >= 0.6 is 0 Å². The van der Waals surface area contributed by atoms with Crippen molar-refractivity contribution in [1.29, 1.82) is 0 Å². The predicted molar refractivity (Wildman–Crippen MR) is 32.2 cm³/mol. The van der Waals surface area contributed by atoms with Gasteiger partial charge >= 0.3 is 0 Å². The molecule has 0 radical (unpaired) electrons. The van der Waals surface area contributed by atoms with Gasteiger partial charge in [0.25, 0.3) is 0 Å². The molecule has 40 valence electrons. The molecule has 0 aliphatic heterocycles. The van der Waals surface area contributed by atoms with Gasteiger partial charge in [-0.25, -0.2) is 0 Å². The van der Waals surface area contributed by atoms with Gasteiger partial charge in [0.05, 0.1) is 0 Å². The maximum atomic E-state index is 2.36. The van der Waals surface area contributed by atoms with Gasteiger partial charge in [0.1, 0.15) is 0 Å². The molecule has 0 heterocycles. The highest BCUT2D eigenvalue weighted by Crippen LogP contribution is 2.26. The van der Waals surface area contributed by atoms with Gasteiger partial charge in [0.2, 0.25) is 0 Å². The van der Waals surface area contributed by atoms with Crippen molar-refractivity contribution in [2.24, 2.45) is 5.92 Å². The summed E-state index contributed by atoms with van der Waals surface area (Å²) >= 11 is 0. The van der Waals surface area contributed by atoms with Crippen molar-refractivity contribution in [2.45, 2.75) is 26.7 Å². The Morgan fingerprint density at radius 2 is 2.43 bits per heavy atom. The molecular formula is C7H12. The standard InChI is InChI=1S/C7H12/c1-3-7-4-6(2)5-7/h4,6H,3,5H2,1-2H3. The molecule has 1 aliphatic carbocycles. The van der Waals surface area contributed by atoms with Crippen LogP contribution in [0, 0.1) is 5.92 Å². The summed E-state index contributed by atoms with van der Waals surface area (Å²) in [6.07, 6.45) is 4.99. The smallest absolute Gasteiger partial charge is 0.0222 e. The summed E-state index contributed by atoms with van der Waals surface area (Å²) in [6, 6.07) is 0. The quantitative estimate of drug-likeness (QED) is 0.439. The zero-order chi connectivity index (χ0) is 5.28. The van der Waals surface area contributed by atoms with E-state index in [1.165, 1.54) is 12.8 Å². The van der Waals surface area contributed by atoms with Crippen LogP contribution in [0.1, 0.15) is 26.7 Å². The van der Waals surface area contributed by atoms with E-state index in [-0.39, 0.29) is 0 Å². The average molecular weight is 96.2 g/mol. The molecule has 1 aliphatic rings. The largest absolute Gasteiger partial charge is 0.0822 e. The maximum absolute atomic E-state index is 2.36. The second-order valence-corrected chi connectivity index (χ2v) is 2.36. The first-order valence-electron chi connectivity index (χ1n) is 3.02. The minimum absolute atomic E-state index is 0.884. The molecule has 0 aromatic carbocycles. The molecule has 7 heavy (non-hydrogen) atoms. The van der Waals surface area contributed by atoms with Gasteiger partial charge in [-0.1, -0.05) is 25.5 Å². The summed E-state index contributed by atoms with van der Waals surface area (Å²) in [4.78, 5) is 0. The topological polar surface area (TPSA) is 0 Å². The maximum Gasteiger partial charge on any atom is -0.0222 e. The Morgan fingerprint density at radius 1 is 1.86 bits per heavy atom. The second-order valence-electron chi connectivity index (χ2n) is 2.36. The average Bonchev–Trinajstić information content (AvgIpc) is 1.58. The van der Waals surface area contributed by atoms with E-state index in [1.807, 2.05) is 0 Å². The molecule has 0 aromatic heterocycles. The molecule has 0 aromatic rings. The summed E-state index contributed by atoms with van der Waals surface area (Å²) in [6.45, 7) is 4.48. The molecule has 1 rings (SSSR count). The van der Waals surface area contributed by atoms with Gasteiger partial charge in [0.15, 0.2) is 0 Å². The van der Waals surface area contributed by atoms with Crippen molar-refractivity contribution in [3.8, 4) is 0 Å². The van der Waals surface area contributed by atoms with Crippen molar-refractivity contribution >= 4 is 0 Å². The van der Waals surface area contributed by atoms with Crippen LogP contribution in [0.2, 0.25) is 0 Å². The normalized spacial score (nSPS) is 28.9. The summed E-state index contributed by atoms with van der Waals surface area (Å²) in [5.41, 5.74) is 1.65. The first-order chi connectivity index (χ1) is 3.33. The Bertz CT molecular complexity index is 90.2. The molecule has 1 atom stereocenters. The Kier molecular flexibility index (Phi) is 1.18. The fourth-order valence-electron chi connectivity index (χ4n) is 1.04. The molecule has 0 bridgehead atoms. The summed E-state index contributed by atoms with van der Waals surface area (Å²) in [7, 11) is 0. The van der Waals surface area contributed by atoms with E-state index in [1.54, 1.807) is 5.57 Å². The Labute approximate surface area is 45.2 Å². The lowest BCUT2D eigenvalue weighted by Crippen LogP contribution is -2.03. The van der Waals surface area contributed by atoms with Crippen LogP contribution in [0.5, 0.6) is 0 Å². The van der Waals surface area contributed by atoms with Crippen LogP contribution in [0.4, 0.5) is 0 Å². The van der Waals surface area contributed by atoms with E-state index >= 15 is 0 Å². The molecule has 1 unspecified atom stereocenters. The van der Waals surface area contributed by atoms with Crippen molar-refractivity contribution in [3.05, 3.63) is 11.6 Å². The van der Waals surface area contributed by atoms with Gasteiger partial charge in [-0.3, -0.25) is 0 Å². The molecule has 0 heteroatoms. The van der Waals surface area contributed by atoms with Gasteiger partial charge in [-0.2, -0.15) is 0 Å². The third-order valence-electron chi connectivity index (χ3n) is 1.56. The molecule has 0 N–H and O–H groups in total. The molecule has 0 nitrogen and oxygen atoms in total. The molecule has 0 amide bonds. The van der Waals surface area contributed by atoms with Crippen molar-refractivity contribution in [2.75, 3.05) is 0 Å². The van der Waals surface area contributed by atoms with E-state index in [9.17, 15) is 0 Å². The third-order valence-corrected chi connectivity index (χ3v) is 1.56. The Balaban J connectivity index is 2.35. The van der Waals surface area contributed by atoms with E-state index in [4.69, 9.17) is 0 Å². The number of hydrogen-bond donors (Lipinski definition) is 0. The fourth-order valence-corrected chi connectivity index (χ4v) is 1.04. The van der Waals surface area contributed by atoms with E-state index < -0.39 is 0 Å².